The SMILES string of the molecule is CCN(CC)CCOC(=O)C(c1ccccc1)c1ccccc1.CCN(CC)CCOC(=O)C(c1ccccc1)c1ccccc1.CCN(CC)CCOC(=O)C(c1ccccc1)c1ccccc1. The molecule has 0 aliphatic carbocycles. The number of nitrogens with zero attached hydrogens (tertiary/aromatic N) is 3. The number of benzene rings is 6. The minimum atomic E-state index is -0.367. The zero-order valence-corrected chi connectivity index (χ0v) is 41.8. The fraction of sp³-hybridized carbons (Fsp3) is 0.350. The van der Waals surface area contributed by atoms with Crippen LogP contribution in [0.4, 0.5) is 0 Å². The second kappa shape index (κ2) is 32.4. The van der Waals surface area contributed by atoms with Gasteiger partial charge in [0.2, 0.25) is 0 Å². The molecule has 0 aliphatic heterocycles. The van der Waals surface area contributed by atoms with Gasteiger partial charge < -0.3 is 28.9 Å². The van der Waals surface area contributed by atoms with Gasteiger partial charge in [0, 0.05) is 19.6 Å². The fourth-order valence-corrected chi connectivity index (χ4v) is 7.96. The summed E-state index contributed by atoms with van der Waals surface area (Å²) in [5.41, 5.74) is 5.79. The van der Waals surface area contributed by atoms with E-state index in [1.165, 1.54) is 0 Å². The van der Waals surface area contributed by atoms with Crippen molar-refractivity contribution in [2.75, 3.05) is 78.7 Å². The molecule has 9 nitrogen and oxygen atoms in total. The summed E-state index contributed by atoms with van der Waals surface area (Å²) in [5, 5.41) is 0. The standard InChI is InChI=1S/3C20H25NO2/c3*1-3-21(4-2)15-16-23-20(22)19(17-11-7-5-8-12-17)18-13-9-6-10-14-18/h3*5-14,19H,3-4,15-16H2,1-2H3. The molecule has 366 valence electrons. The summed E-state index contributed by atoms with van der Waals surface area (Å²) in [4.78, 5) is 44.7. The van der Waals surface area contributed by atoms with E-state index in [0.29, 0.717) is 19.8 Å². The summed E-state index contributed by atoms with van der Waals surface area (Å²) in [5.74, 6) is -1.66. The van der Waals surface area contributed by atoms with Crippen LogP contribution in [0.15, 0.2) is 182 Å². The van der Waals surface area contributed by atoms with Crippen LogP contribution in [0.5, 0.6) is 0 Å². The second-order valence-electron chi connectivity index (χ2n) is 16.3. The van der Waals surface area contributed by atoms with E-state index in [1.807, 2.05) is 182 Å². The van der Waals surface area contributed by atoms with Gasteiger partial charge in [-0.1, -0.05) is 224 Å². The summed E-state index contributed by atoms with van der Waals surface area (Å²) in [7, 11) is 0. The Labute approximate surface area is 413 Å². The summed E-state index contributed by atoms with van der Waals surface area (Å²) >= 11 is 0. The molecule has 0 spiro atoms. The number of carbonyl (C=O) groups is 3. The molecule has 0 unspecified atom stereocenters. The quantitative estimate of drug-likeness (QED) is 0.0435. The maximum Gasteiger partial charge on any atom is 0.317 e. The van der Waals surface area contributed by atoms with Crippen molar-refractivity contribution in [3.63, 3.8) is 0 Å². The van der Waals surface area contributed by atoms with Gasteiger partial charge in [-0.25, -0.2) is 0 Å². The minimum absolute atomic E-state index is 0.186. The normalized spacial score (nSPS) is 11.0. The highest BCUT2D eigenvalue weighted by molar-refractivity contribution is 5.83. The van der Waals surface area contributed by atoms with Gasteiger partial charge in [-0.05, 0) is 72.6 Å². The number of ether oxygens (including phenoxy) is 3. The molecule has 0 saturated heterocycles. The molecule has 0 amide bonds. The van der Waals surface area contributed by atoms with Crippen LogP contribution in [0.1, 0.15) is 92.7 Å². The summed E-state index contributed by atoms with van der Waals surface area (Å²) < 4.78 is 16.7. The lowest BCUT2D eigenvalue weighted by Gasteiger charge is -2.20. The molecular formula is C60H75N3O6. The molecule has 0 fully saturated rings. The molecule has 6 rings (SSSR count). The molecule has 6 aromatic carbocycles. The van der Waals surface area contributed by atoms with Crippen LogP contribution in [-0.2, 0) is 28.6 Å². The van der Waals surface area contributed by atoms with Crippen molar-refractivity contribution >= 4 is 17.9 Å². The van der Waals surface area contributed by atoms with E-state index in [9.17, 15) is 14.4 Å². The maximum absolute atomic E-state index is 12.7. The van der Waals surface area contributed by atoms with Crippen molar-refractivity contribution in [3.05, 3.63) is 215 Å². The Balaban J connectivity index is 0.000000225. The lowest BCUT2D eigenvalue weighted by Crippen LogP contribution is -2.29. The molecule has 9 heteroatoms. The summed E-state index contributed by atoms with van der Waals surface area (Å²) in [6.07, 6.45) is 0. The average molecular weight is 934 g/mol. The van der Waals surface area contributed by atoms with E-state index in [2.05, 4.69) is 56.2 Å². The number of likely N-dealkylation sites (N-methyl/N-ethyl adjacent to an activating group) is 3. The predicted molar refractivity (Wildman–Crippen MR) is 280 cm³/mol. The Morgan fingerprint density at radius 2 is 0.464 bits per heavy atom. The van der Waals surface area contributed by atoms with Gasteiger partial charge in [0.1, 0.15) is 37.6 Å². The van der Waals surface area contributed by atoms with E-state index in [1.54, 1.807) is 0 Å². The van der Waals surface area contributed by atoms with Gasteiger partial charge >= 0.3 is 17.9 Å². The van der Waals surface area contributed by atoms with Gasteiger partial charge in [0.25, 0.3) is 0 Å². The molecule has 0 heterocycles. The molecule has 0 N–H and O–H groups in total. The first-order valence-electron chi connectivity index (χ1n) is 24.7. The smallest absolute Gasteiger partial charge is 0.317 e. The first kappa shape index (κ1) is 55.2. The van der Waals surface area contributed by atoms with Crippen molar-refractivity contribution in [1.82, 2.24) is 14.7 Å². The zero-order valence-electron chi connectivity index (χ0n) is 41.8. The van der Waals surface area contributed by atoms with Gasteiger partial charge in [-0.3, -0.25) is 14.4 Å². The Morgan fingerprint density at radius 1 is 0.304 bits per heavy atom. The predicted octanol–water partition coefficient (Wildman–Crippen LogP) is 11.1. The van der Waals surface area contributed by atoms with Crippen LogP contribution in [-0.4, -0.2) is 111 Å². The summed E-state index contributed by atoms with van der Waals surface area (Å²) in [6, 6.07) is 58.9. The van der Waals surface area contributed by atoms with E-state index >= 15 is 0 Å². The number of rotatable bonds is 24. The van der Waals surface area contributed by atoms with Gasteiger partial charge in [-0.15, -0.1) is 0 Å². The van der Waals surface area contributed by atoms with Crippen LogP contribution in [0, 0.1) is 0 Å². The third-order valence-corrected chi connectivity index (χ3v) is 12.1. The highest BCUT2D eigenvalue weighted by Crippen LogP contribution is 2.28. The molecule has 0 radical (unpaired) electrons. The van der Waals surface area contributed by atoms with Crippen molar-refractivity contribution < 1.29 is 28.6 Å². The lowest BCUT2D eigenvalue weighted by atomic mass is 9.91. The molecule has 0 saturated carbocycles. The van der Waals surface area contributed by atoms with E-state index in [4.69, 9.17) is 14.2 Å². The number of esters is 3. The van der Waals surface area contributed by atoms with Crippen LogP contribution in [0.25, 0.3) is 0 Å². The second-order valence-corrected chi connectivity index (χ2v) is 16.3. The highest BCUT2D eigenvalue weighted by atomic mass is 16.5. The number of carbonyl (C=O) groups excluding carboxylic acids is 3. The third-order valence-electron chi connectivity index (χ3n) is 12.1. The largest absolute Gasteiger partial charge is 0.464 e. The van der Waals surface area contributed by atoms with Crippen molar-refractivity contribution in [1.29, 1.82) is 0 Å². The monoisotopic (exact) mass is 934 g/mol. The van der Waals surface area contributed by atoms with E-state index < -0.39 is 0 Å². The van der Waals surface area contributed by atoms with Crippen molar-refractivity contribution in [2.45, 2.75) is 59.3 Å². The molecule has 0 aliphatic rings. The topological polar surface area (TPSA) is 88.6 Å². The van der Waals surface area contributed by atoms with Crippen LogP contribution in [0.2, 0.25) is 0 Å². The van der Waals surface area contributed by atoms with Crippen molar-refractivity contribution in [2.24, 2.45) is 0 Å². The maximum atomic E-state index is 12.7. The van der Waals surface area contributed by atoms with Crippen LogP contribution < -0.4 is 0 Å². The van der Waals surface area contributed by atoms with E-state index in [-0.39, 0.29) is 35.7 Å². The zero-order chi connectivity index (χ0) is 49.5. The molecule has 0 aromatic heterocycles. The Morgan fingerprint density at radius 3 is 0.609 bits per heavy atom. The molecule has 69 heavy (non-hydrogen) atoms. The molecule has 6 aromatic rings. The first-order chi connectivity index (χ1) is 33.8. The van der Waals surface area contributed by atoms with Crippen molar-refractivity contribution in [3.8, 4) is 0 Å². The van der Waals surface area contributed by atoms with Crippen LogP contribution in [0.3, 0.4) is 0 Å². The van der Waals surface area contributed by atoms with Gasteiger partial charge in [0.05, 0.1) is 0 Å². The average Bonchev–Trinajstić information content (AvgIpc) is 3.40. The number of hydrogen-bond acceptors (Lipinski definition) is 9. The Kier molecular flexibility index (Phi) is 25.9. The van der Waals surface area contributed by atoms with Gasteiger partial charge in [-0.2, -0.15) is 0 Å². The number of hydrogen-bond donors (Lipinski definition) is 0. The summed E-state index contributed by atoms with van der Waals surface area (Å²) in [6.45, 7) is 22.1. The molecule has 0 bridgehead atoms. The minimum Gasteiger partial charge on any atom is -0.464 e. The highest BCUT2D eigenvalue weighted by Gasteiger charge is 2.26. The Bertz CT molecular complexity index is 1880. The van der Waals surface area contributed by atoms with Crippen LogP contribution >= 0.6 is 0 Å². The third kappa shape index (κ3) is 18.9. The molecule has 0 atom stereocenters. The lowest BCUT2D eigenvalue weighted by molar-refractivity contribution is -0.145. The Hall–Kier alpha value is -6.39. The fourth-order valence-electron chi connectivity index (χ4n) is 7.96. The molecular weight excluding hydrogens is 859 g/mol. The van der Waals surface area contributed by atoms with E-state index in [0.717, 1.165) is 92.3 Å². The first-order valence-corrected chi connectivity index (χ1v) is 24.7. The van der Waals surface area contributed by atoms with Gasteiger partial charge in [0.15, 0.2) is 0 Å².